The molecule has 0 amide bonds. The summed E-state index contributed by atoms with van der Waals surface area (Å²) in [6, 6.07) is -1.30. The lowest BCUT2D eigenvalue weighted by molar-refractivity contribution is -0.149. The molecule has 1 aromatic rings. The van der Waals surface area contributed by atoms with Crippen LogP contribution in [0.4, 0.5) is 22.0 Å². The highest BCUT2D eigenvalue weighted by Gasteiger charge is 2.36. The first-order valence-electron chi connectivity index (χ1n) is 5.72. The molecule has 0 saturated carbocycles. The molecule has 0 radical (unpaired) electrons. The smallest absolute Gasteiger partial charge is 0.416 e. The SMILES string of the molecule is CCOC(=O)C(F)[C@H](N)c1cc(C(F)(F)F)cc(Cl)c1F. The molecule has 0 fully saturated rings. The van der Waals surface area contributed by atoms with Crippen LogP contribution >= 0.6 is 11.6 Å². The van der Waals surface area contributed by atoms with E-state index < -0.39 is 46.3 Å². The van der Waals surface area contributed by atoms with Gasteiger partial charge in [-0.25, -0.2) is 13.6 Å². The van der Waals surface area contributed by atoms with Gasteiger partial charge in [0.05, 0.1) is 23.2 Å². The number of hydrogen-bond donors (Lipinski definition) is 1. The zero-order valence-corrected chi connectivity index (χ0v) is 11.4. The Bertz CT molecular complexity index is 535. The number of hydrogen-bond acceptors (Lipinski definition) is 3. The van der Waals surface area contributed by atoms with E-state index in [1.165, 1.54) is 6.92 Å². The van der Waals surface area contributed by atoms with E-state index in [9.17, 15) is 26.7 Å². The molecule has 0 heterocycles. The zero-order chi connectivity index (χ0) is 16.4. The van der Waals surface area contributed by atoms with Gasteiger partial charge in [0, 0.05) is 5.56 Å². The van der Waals surface area contributed by atoms with E-state index >= 15 is 0 Å². The molecule has 1 aromatic carbocycles. The second-order valence-corrected chi connectivity index (χ2v) is 4.45. The molecule has 0 aliphatic heterocycles. The molecule has 2 atom stereocenters. The van der Waals surface area contributed by atoms with E-state index in [1.54, 1.807) is 0 Å². The predicted molar refractivity (Wildman–Crippen MR) is 64.9 cm³/mol. The molecule has 0 saturated heterocycles. The molecule has 1 unspecified atom stereocenters. The quantitative estimate of drug-likeness (QED) is 0.679. The van der Waals surface area contributed by atoms with Crippen LogP contribution in [0.1, 0.15) is 24.1 Å². The molecule has 2 N–H and O–H groups in total. The Labute approximate surface area is 121 Å². The van der Waals surface area contributed by atoms with Crippen molar-refractivity contribution in [3.63, 3.8) is 0 Å². The Kier molecular flexibility index (Phi) is 5.52. The van der Waals surface area contributed by atoms with Crippen molar-refractivity contribution in [2.45, 2.75) is 25.3 Å². The summed E-state index contributed by atoms with van der Waals surface area (Å²) >= 11 is 5.35. The van der Waals surface area contributed by atoms with E-state index in [2.05, 4.69) is 4.74 Å². The molecule has 0 aliphatic carbocycles. The van der Waals surface area contributed by atoms with Crippen molar-refractivity contribution in [1.29, 1.82) is 0 Å². The van der Waals surface area contributed by atoms with E-state index in [0.717, 1.165) is 0 Å². The highest BCUT2D eigenvalue weighted by atomic mass is 35.5. The average molecular weight is 332 g/mol. The maximum Gasteiger partial charge on any atom is 0.416 e. The van der Waals surface area contributed by atoms with E-state index in [1.807, 2.05) is 0 Å². The molecular weight excluding hydrogens is 321 g/mol. The maximum atomic E-state index is 13.7. The van der Waals surface area contributed by atoms with Crippen molar-refractivity contribution >= 4 is 17.6 Å². The summed E-state index contributed by atoms with van der Waals surface area (Å²) in [5.41, 5.74) is 3.16. The van der Waals surface area contributed by atoms with Crippen molar-refractivity contribution in [1.82, 2.24) is 0 Å². The normalized spacial score (nSPS) is 14.7. The highest BCUT2D eigenvalue weighted by molar-refractivity contribution is 6.30. The number of halogens is 6. The van der Waals surface area contributed by atoms with Gasteiger partial charge in [0.1, 0.15) is 5.82 Å². The van der Waals surface area contributed by atoms with Gasteiger partial charge in [0.25, 0.3) is 0 Å². The Balaban J connectivity index is 3.23. The van der Waals surface area contributed by atoms with Crippen molar-refractivity contribution in [2.75, 3.05) is 6.61 Å². The van der Waals surface area contributed by atoms with Crippen LogP contribution in [0.5, 0.6) is 0 Å². The van der Waals surface area contributed by atoms with E-state index in [0.29, 0.717) is 12.1 Å². The molecule has 0 spiro atoms. The molecule has 21 heavy (non-hydrogen) atoms. The van der Waals surface area contributed by atoms with Gasteiger partial charge in [-0.2, -0.15) is 13.2 Å². The van der Waals surface area contributed by atoms with Gasteiger partial charge in [-0.15, -0.1) is 0 Å². The zero-order valence-electron chi connectivity index (χ0n) is 10.7. The third kappa shape index (κ3) is 4.04. The fourth-order valence-corrected chi connectivity index (χ4v) is 1.77. The van der Waals surface area contributed by atoms with Crippen LogP contribution in [-0.4, -0.2) is 18.7 Å². The number of ether oxygens (including phenoxy) is 1. The molecule has 3 nitrogen and oxygen atoms in total. The largest absolute Gasteiger partial charge is 0.464 e. The summed E-state index contributed by atoms with van der Waals surface area (Å²) in [5, 5.41) is -0.869. The Morgan fingerprint density at radius 3 is 2.48 bits per heavy atom. The fourth-order valence-electron chi connectivity index (χ4n) is 1.54. The van der Waals surface area contributed by atoms with E-state index in [4.69, 9.17) is 17.3 Å². The Morgan fingerprint density at radius 1 is 1.43 bits per heavy atom. The molecular formula is C12H11ClF5NO2. The second kappa shape index (κ2) is 6.57. The molecule has 118 valence electrons. The third-order valence-electron chi connectivity index (χ3n) is 2.57. The molecule has 0 bridgehead atoms. The van der Waals surface area contributed by atoms with Crippen LogP contribution in [0, 0.1) is 5.82 Å². The maximum absolute atomic E-state index is 13.7. The average Bonchev–Trinajstić information content (AvgIpc) is 2.39. The van der Waals surface area contributed by atoms with Gasteiger partial charge in [0.15, 0.2) is 0 Å². The monoisotopic (exact) mass is 331 g/mol. The predicted octanol–water partition coefficient (Wildman–Crippen LogP) is 3.40. The molecule has 0 aliphatic rings. The van der Waals surface area contributed by atoms with Gasteiger partial charge < -0.3 is 10.5 Å². The minimum absolute atomic E-state index is 0.155. The van der Waals surface area contributed by atoms with Crippen LogP contribution in [0.25, 0.3) is 0 Å². The minimum atomic E-state index is -4.82. The van der Waals surface area contributed by atoms with Crippen molar-refractivity contribution < 1.29 is 31.5 Å². The van der Waals surface area contributed by atoms with Crippen LogP contribution in [0.2, 0.25) is 5.02 Å². The topological polar surface area (TPSA) is 52.3 Å². The van der Waals surface area contributed by atoms with Gasteiger partial charge >= 0.3 is 12.1 Å². The lowest BCUT2D eigenvalue weighted by Gasteiger charge is -2.18. The van der Waals surface area contributed by atoms with Crippen molar-refractivity contribution in [2.24, 2.45) is 5.73 Å². The number of rotatable bonds is 4. The Hall–Kier alpha value is -1.41. The molecule has 9 heteroatoms. The number of carbonyl (C=O) groups is 1. The third-order valence-corrected chi connectivity index (χ3v) is 2.84. The fraction of sp³-hybridized carbons (Fsp3) is 0.417. The van der Waals surface area contributed by atoms with Crippen molar-refractivity contribution in [3.05, 3.63) is 34.1 Å². The van der Waals surface area contributed by atoms with Crippen LogP contribution in [0.15, 0.2) is 12.1 Å². The van der Waals surface area contributed by atoms with Gasteiger partial charge in [-0.1, -0.05) is 11.6 Å². The summed E-state index contributed by atoms with van der Waals surface area (Å²) in [5.74, 6) is -2.71. The summed E-state index contributed by atoms with van der Waals surface area (Å²) < 4.78 is 69.6. The lowest BCUT2D eigenvalue weighted by atomic mass is 10.00. The molecule has 0 aromatic heterocycles. The van der Waals surface area contributed by atoms with Crippen molar-refractivity contribution in [3.8, 4) is 0 Å². The number of esters is 1. The minimum Gasteiger partial charge on any atom is -0.464 e. The van der Waals surface area contributed by atoms with Gasteiger partial charge in [0.2, 0.25) is 6.17 Å². The van der Waals surface area contributed by atoms with Crippen LogP contribution in [-0.2, 0) is 15.7 Å². The lowest BCUT2D eigenvalue weighted by Crippen LogP contribution is -2.32. The summed E-state index contributed by atoms with van der Waals surface area (Å²) in [6.45, 7) is 1.25. The standard InChI is InChI=1S/C12H11ClF5NO2/c1-2-21-11(20)9(15)10(19)6-3-5(12(16,17)18)4-7(13)8(6)14/h3-4,9-10H,2,19H2,1H3/t9?,10-/m1/s1. The Morgan fingerprint density at radius 2 is 2.00 bits per heavy atom. The van der Waals surface area contributed by atoms with E-state index in [-0.39, 0.29) is 6.61 Å². The van der Waals surface area contributed by atoms with Crippen LogP contribution in [0.3, 0.4) is 0 Å². The van der Waals surface area contributed by atoms with Crippen LogP contribution < -0.4 is 5.73 Å². The van der Waals surface area contributed by atoms with Gasteiger partial charge in [-0.05, 0) is 19.1 Å². The summed E-state index contributed by atoms with van der Waals surface area (Å²) in [7, 11) is 0. The number of alkyl halides is 4. The van der Waals surface area contributed by atoms with Gasteiger partial charge in [-0.3, -0.25) is 0 Å². The first-order chi connectivity index (χ1) is 9.59. The summed E-state index contributed by atoms with van der Waals surface area (Å²) in [6.07, 6.45) is -7.33. The first-order valence-corrected chi connectivity index (χ1v) is 6.09. The highest BCUT2D eigenvalue weighted by Crippen LogP contribution is 2.35. The first kappa shape index (κ1) is 17.6. The molecule has 1 rings (SSSR count). The number of nitrogens with two attached hydrogens (primary N) is 1. The second-order valence-electron chi connectivity index (χ2n) is 4.04. The number of benzene rings is 1. The summed E-state index contributed by atoms with van der Waals surface area (Å²) in [4.78, 5) is 11.2. The number of carbonyl (C=O) groups excluding carboxylic acids is 1.